The van der Waals surface area contributed by atoms with Crippen LogP contribution in [0.1, 0.15) is 12.5 Å². The van der Waals surface area contributed by atoms with E-state index in [1.54, 1.807) is 6.92 Å². The van der Waals surface area contributed by atoms with E-state index in [-0.39, 0.29) is 18.3 Å². The summed E-state index contributed by atoms with van der Waals surface area (Å²) in [6.07, 6.45) is -3.79. The minimum absolute atomic E-state index is 0.0494. The SMILES string of the molecule is CC1=NN(c2ccc(C(F)(F)F)cn2)C(=O)C1CN. The largest absolute Gasteiger partial charge is 0.417 e. The van der Waals surface area contributed by atoms with E-state index in [0.29, 0.717) is 11.9 Å². The van der Waals surface area contributed by atoms with Crippen LogP contribution in [0.5, 0.6) is 0 Å². The van der Waals surface area contributed by atoms with Gasteiger partial charge in [0.25, 0.3) is 5.91 Å². The van der Waals surface area contributed by atoms with Crippen LogP contribution in [-0.4, -0.2) is 23.1 Å². The van der Waals surface area contributed by atoms with E-state index < -0.39 is 17.7 Å². The van der Waals surface area contributed by atoms with Gasteiger partial charge in [0.2, 0.25) is 0 Å². The number of carbonyl (C=O) groups is 1. The van der Waals surface area contributed by atoms with E-state index in [2.05, 4.69) is 10.1 Å². The molecule has 1 aliphatic heterocycles. The van der Waals surface area contributed by atoms with Gasteiger partial charge < -0.3 is 5.73 Å². The lowest BCUT2D eigenvalue weighted by Crippen LogP contribution is -2.32. The minimum Gasteiger partial charge on any atom is -0.329 e. The summed E-state index contributed by atoms with van der Waals surface area (Å²) in [7, 11) is 0. The maximum Gasteiger partial charge on any atom is 0.417 e. The average Bonchev–Trinajstić information content (AvgIpc) is 2.63. The second kappa shape index (κ2) is 4.61. The van der Waals surface area contributed by atoms with Crippen molar-refractivity contribution in [3.8, 4) is 0 Å². The van der Waals surface area contributed by atoms with Gasteiger partial charge in [-0.15, -0.1) is 0 Å². The average molecular weight is 272 g/mol. The van der Waals surface area contributed by atoms with E-state index >= 15 is 0 Å². The number of pyridine rings is 1. The third-order valence-electron chi connectivity index (χ3n) is 2.80. The maximum atomic E-state index is 12.4. The van der Waals surface area contributed by atoms with Crippen LogP contribution in [0.15, 0.2) is 23.4 Å². The molecule has 1 aromatic heterocycles. The second-order valence-electron chi connectivity index (χ2n) is 4.08. The van der Waals surface area contributed by atoms with Gasteiger partial charge in [-0.3, -0.25) is 4.79 Å². The number of alkyl halides is 3. The number of hydrazone groups is 1. The Morgan fingerprint density at radius 2 is 2.11 bits per heavy atom. The summed E-state index contributed by atoms with van der Waals surface area (Å²) in [5.74, 6) is -0.871. The molecule has 1 unspecified atom stereocenters. The van der Waals surface area contributed by atoms with Crippen LogP contribution in [0.2, 0.25) is 0 Å². The van der Waals surface area contributed by atoms with E-state index in [1.165, 1.54) is 0 Å². The van der Waals surface area contributed by atoms with Crippen LogP contribution < -0.4 is 10.7 Å². The zero-order valence-corrected chi connectivity index (χ0v) is 9.98. The summed E-state index contributed by atoms with van der Waals surface area (Å²) < 4.78 is 37.2. The van der Waals surface area contributed by atoms with E-state index in [9.17, 15) is 18.0 Å². The van der Waals surface area contributed by atoms with Gasteiger partial charge in [0.1, 0.15) is 0 Å². The topological polar surface area (TPSA) is 71.6 Å². The first-order chi connectivity index (χ1) is 8.84. The highest BCUT2D eigenvalue weighted by Crippen LogP contribution is 2.30. The quantitative estimate of drug-likeness (QED) is 0.884. The molecule has 2 heterocycles. The Balaban J connectivity index is 2.27. The molecule has 1 amide bonds. The van der Waals surface area contributed by atoms with Crippen molar-refractivity contribution in [3.63, 3.8) is 0 Å². The molecule has 19 heavy (non-hydrogen) atoms. The molecule has 1 aliphatic rings. The van der Waals surface area contributed by atoms with Gasteiger partial charge in [-0.1, -0.05) is 0 Å². The molecule has 0 saturated heterocycles. The molecule has 8 heteroatoms. The first kappa shape index (κ1) is 13.5. The minimum atomic E-state index is -4.46. The molecule has 2 N–H and O–H groups in total. The Bertz CT molecular complexity index is 524. The predicted octanol–water partition coefficient (Wildman–Crippen LogP) is 1.40. The third kappa shape index (κ3) is 2.43. The van der Waals surface area contributed by atoms with Crippen molar-refractivity contribution in [1.82, 2.24) is 4.98 Å². The van der Waals surface area contributed by atoms with Gasteiger partial charge in [0.05, 0.1) is 11.5 Å². The molecule has 0 fully saturated rings. The molecule has 102 valence electrons. The van der Waals surface area contributed by atoms with Crippen molar-refractivity contribution in [2.75, 3.05) is 11.6 Å². The number of nitrogens with two attached hydrogens (primary N) is 1. The number of nitrogens with zero attached hydrogens (tertiary/aromatic N) is 3. The highest BCUT2D eigenvalue weighted by Gasteiger charge is 2.35. The highest BCUT2D eigenvalue weighted by molar-refractivity contribution is 6.14. The third-order valence-corrected chi connectivity index (χ3v) is 2.80. The summed E-state index contributed by atoms with van der Waals surface area (Å²) in [6, 6.07) is 1.96. The number of anilines is 1. The lowest BCUT2D eigenvalue weighted by atomic mass is 10.1. The lowest BCUT2D eigenvalue weighted by molar-refractivity contribution is -0.137. The molecule has 0 spiro atoms. The monoisotopic (exact) mass is 272 g/mol. The van der Waals surface area contributed by atoms with E-state index in [1.807, 2.05) is 0 Å². The Morgan fingerprint density at radius 1 is 1.42 bits per heavy atom. The van der Waals surface area contributed by atoms with Crippen LogP contribution in [0.4, 0.5) is 19.0 Å². The van der Waals surface area contributed by atoms with Gasteiger partial charge in [0, 0.05) is 18.5 Å². The van der Waals surface area contributed by atoms with Crippen LogP contribution >= 0.6 is 0 Å². The van der Waals surface area contributed by atoms with E-state index in [0.717, 1.165) is 17.1 Å². The summed E-state index contributed by atoms with van der Waals surface area (Å²) in [6.45, 7) is 1.74. The Morgan fingerprint density at radius 3 is 2.53 bits per heavy atom. The molecule has 0 aromatic carbocycles. The lowest BCUT2D eigenvalue weighted by Gasteiger charge is -2.13. The van der Waals surface area contributed by atoms with Crippen LogP contribution in [0, 0.1) is 5.92 Å². The number of amides is 1. The second-order valence-corrected chi connectivity index (χ2v) is 4.08. The fraction of sp³-hybridized carbons (Fsp3) is 0.364. The zero-order chi connectivity index (χ0) is 14.2. The molecule has 0 saturated carbocycles. The summed E-state index contributed by atoms with van der Waals surface area (Å²) >= 11 is 0. The number of halogens is 3. The van der Waals surface area contributed by atoms with Crippen molar-refractivity contribution in [3.05, 3.63) is 23.9 Å². The number of rotatable bonds is 2. The molecule has 2 rings (SSSR count). The number of hydrogen-bond acceptors (Lipinski definition) is 4. The van der Waals surface area contributed by atoms with Crippen molar-refractivity contribution in [2.45, 2.75) is 13.1 Å². The van der Waals surface area contributed by atoms with Crippen molar-refractivity contribution >= 4 is 17.4 Å². The van der Waals surface area contributed by atoms with Gasteiger partial charge >= 0.3 is 6.18 Å². The molecule has 1 aromatic rings. The van der Waals surface area contributed by atoms with Crippen LogP contribution in [0.25, 0.3) is 0 Å². The highest BCUT2D eigenvalue weighted by atomic mass is 19.4. The maximum absolute atomic E-state index is 12.4. The standard InChI is InChI=1S/C11H11F3N4O/c1-6-8(4-15)10(19)18(17-6)9-3-2-7(5-16-9)11(12,13)14/h2-3,5,8H,4,15H2,1H3. The number of aromatic nitrogens is 1. The molecule has 0 aliphatic carbocycles. The Hall–Kier alpha value is -1.96. The van der Waals surface area contributed by atoms with Gasteiger partial charge in [0.15, 0.2) is 5.82 Å². The summed E-state index contributed by atoms with van der Waals surface area (Å²) in [5, 5.41) is 4.94. The summed E-state index contributed by atoms with van der Waals surface area (Å²) in [4.78, 5) is 15.5. The van der Waals surface area contributed by atoms with Gasteiger partial charge in [-0.2, -0.15) is 23.3 Å². The molecular weight excluding hydrogens is 261 g/mol. The molecular formula is C11H11F3N4O. The fourth-order valence-electron chi connectivity index (χ4n) is 1.72. The first-order valence-corrected chi connectivity index (χ1v) is 5.47. The van der Waals surface area contributed by atoms with Crippen molar-refractivity contribution < 1.29 is 18.0 Å². The molecule has 0 radical (unpaired) electrons. The normalized spacial score (nSPS) is 19.8. The summed E-state index contributed by atoms with van der Waals surface area (Å²) in [5.41, 5.74) is 5.09. The van der Waals surface area contributed by atoms with Crippen molar-refractivity contribution in [1.29, 1.82) is 0 Å². The van der Waals surface area contributed by atoms with Crippen LogP contribution in [0.3, 0.4) is 0 Å². The smallest absolute Gasteiger partial charge is 0.329 e. The van der Waals surface area contributed by atoms with Gasteiger partial charge in [-0.25, -0.2) is 4.98 Å². The predicted molar refractivity (Wildman–Crippen MR) is 62.4 cm³/mol. The first-order valence-electron chi connectivity index (χ1n) is 5.47. The van der Waals surface area contributed by atoms with Crippen molar-refractivity contribution in [2.24, 2.45) is 16.8 Å². The number of carbonyl (C=O) groups excluding carboxylic acids is 1. The Labute approximate surface area is 106 Å². The molecule has 0 bridgehead atoms. The Kier molecular flexibility index (Phi) is 3.27. The fourth-order valence-corrected chi connectivity index (χ4v) is 1.72. The molecule has 5 nitrogen and oxygen atoms in total. The van der Waals surface area contributed by atoms with Crippen LogP contribution in [-0.2, 0) is 11.0 Å². The molecule has 1 atom stereocenters. The van der Waals surface area contributed by atoms with Gasteiger partial charge in [-0.05, 0) is 19.1 Å². The number of hydrogen-bond donors (Lipinski definition) is 1. The van der Waals surface area contributed by atoms with E-state index in [4.69, 9.17) is 5.73 Å². The zero-order valence-electron chi connectivity index (χ0n) is 9.98.